The molecule has 3 rings (SSSR count). The van der Waals surface area contributed by atoms with E-state index in [2.05, 4.69) is 55.8 Å². The van der Waals surface area contributed by atoms with Gasteiger partial charge in [-0.3, -0.25) is 0 Å². The van der Waals surface area contributed by atoms with Gasteiger partial charge in [0.25, 0.3) is 0 Å². The lowest BCUT2D eigenvalue weighted by molar-refractivity contribution is -0.00397. The lowest BCUT2D eigenvalue weighted by Gasteiger charge is -2.28. The summed E-state index contributed by atoms with van der Waals surface area (Å²) in [5, 5.41) is 14.2. The summed E-state index contributed by atoms with van der Waals surface area (Å²) in [6.07, 6.45) is 2.11. The normalized spacial score (nSPS) is 13.2. The molecule has 0 aliphatic rings. The van der Waals surface area contributed by atoms with Gasteiger partial charge in [0.2, 0.25) is 0 Å². The maximum atomic E-state index is 12.2. The zero-order chi connectivity index (χ0) is 27.7. The third-order valence-corrected chi connectivity index (χ3v) is 7.29. The Morgan fingerprint density at radius 3 is 2.55 bits per heavy atom. The molecule has 0 radical (unpaired) electrons. The molecule has 0 aliphatic heterocycles. The van der Waals surface area contributed by atoms with E-state index in [-0.39, 0.29) is 24.2 Å². The number of thioether (sulfide) groups is 1. The first kappa shape index (κ1) is 29.9. The smallest absolute Gasteiger partial charge is 0.338 e. The van der Waals surface area contributed by atoms with Crippen molar-refractivity contribution in [3.63, 3.8) is 0 Å². The van der Waals surface area contributed by atoms with Crippen molar-refractivity contribution in [3.05, 3.63) is 89.0 Å². The van der Waals surface area contributed by atoms with Crippen molar-refractivity contribution >= 4 is 17.7 Å². The van der Waals surface area contributed by atoms with Gasteiger partial charge >= 0.3 is 5.97 Å². The first-order chi connectivity index (χ1) is 18.1. The maximum absolute atomic E-state index is 12.2. The minimum Gasteiger partial charge on any atom is -0.462 e. The number of rotatable bonds is 13. The number of aliphatic hydroxyl groups excluding tert-OH is 1. The van der Waals surface area contributed by atoms with Gasteiger partial charge in [-0.25, -0.2) is 4.79 Å². The van der Waals surface area contributed by atoms with Crippen molar-refractivity contribution < 1.29 is 19.4 Å². The molecule has 0 amide bonds. The molecule has 5 nitrogen and oxygen atoms in total. The number of hydrogen-bond donors (Lipinski definition) is 2. The Kier molecular flexibility index (Phi) is 11.0. The van der Waals surface area contributed by atoms with Crippen LogP contribution in [0, 0.1) is 6.92 Å². The number of aliphatic hydroxyl groups is 1. The summed E-state index contributed by atoms with van der Waals surface area (Å²) in [4.78, 5) is 13.5. The first-order valence-corrected chi connectivity index (χ1v) is 14.4. The van der Waals surface area contributed by atoms with Crippen LogP contribution in [0.5, 0.6) is 0 Å². The van der Waals surface area contributed by atoms with E-state index < -0.39 is 6.10 Å². The second kappa shape index (κ2) is 13.9. The summed E-state index contributed by atoms with van der Waals surface area (Å²) in [5.74, 6) is -0.305. The van der Waals surface area contributed by atoms with Gasteiger partial charge in [-0.05, 0) is 93.3 Å². The highest BCUT2D eigenvalue weighted by Gasteiger charge is 2.21. The summed E-state index contributed by atoms with van der Waals surface area (Å²) in [7, 11) is 0. The van der Waals surface area contributed by atoms with E-state index in [0.29, 0.717) is 18.7 Å². The number of nitrogens with one attached hydrogen (secondary N) is 1. The topological polar surface area (TPSA) is 67.8 Å². The van der Waals surface area contributed by atoms with Crippen LogP contribution < -0.4 is 5.32 Å². The van der Waals surface area contributed by atoms with Crippen LogP contribution in [-0.2, 0) is 15.9 Å². The summed E-state index contributed by atoms with van der Waals surface area (Å²) in [6.45, 7) is 11.0. The van der Waals surface area contributed by atoms with E-state index in [1.807, 2.05) is 50.2 Å². The van der Waals surface area contributed by atoms with Gasteiger partial charge in [0.15, 0.2) is 0 Å². The number of benzene rings is 3. The molecule has 0 saturated carbocycles. The number of carbonyl (C=O) groups excluding carboxylic acids is 1. The zero-order valence-electron chi connectivity index (χ0n) is 23.4. The predicted octanol–water partition coefficient (Wildman–Crippen LogP) is 6.61. The number of ether oxygens (including phenoxy) is 2. The van der Waals surface area contributed by atoms with Crippen LogP contribution in [0.4, 0.5) is 0 Å². The van der Waals surface area contributed by atoms with Gasteiger partial charge in [0.05, 0.1) is 31.0 Å². The molecular formula is C32H41NO4S. The Bertz CT molecular complexity index is 1210. The number of β-amino-alcohol motifs (C(OH)–C–C–N with tert-alkyl or cyclic N) is 1. The molecule has 0 bridgehead atoms. The standard InChI is InChI=1S/C32H41NO4S/c1-7-36-31(35)28-16-15-25(17-22(28)2)30-14-9-8-13-29(30)23(3)37-21-26(34)20-33-32(4,5)19-24-11-10-12-27(18-24)38-6/h8-18,23,26,33-34H,7,19-21H2,1-6H3/t23-,26?/m1/s1. The van der Waals surface area contributed by atoms with Crippen LogP contribution in [0.15, 0.2) is 71.6 Å². The molecule has 38 heavy (non-hydrogen) atoms. The second-order valence-corrected chi connectivity index (χ2v) is 11.1. The third kappa shape index (κ3) is 8.43. The summed E-state index contributed by atoms with van der Waals surface area (Å²) >= 11 is 1.74. The van der Waals surface area contributed by atoms with Gasteiger partial charge in [0, 0.05) is 17.0 Å². The summed E-state index contributed by atoms with van der Waals surface area (Å²) in [5.41, 5.74) is 5.64. The van der Waals surface area contributed by atoms with E-state index in [1.54, 1.807) is 18.7 Å². The highest BCUT2D eigenvalue weighted by atomic mass is 32.2. The number of hydrogen-bond acceptors (Lipinski definition) is 6. The van der Waals surface area contributed by atoms with Gasteiger partial charge < -0.3 is 19.9 Å². The highest BCUT2D eigenvalue weighted by Crippen LogP contribution is 2.31. The lowest BCUT2D eigenvalue weighted by Crippen LogP contribution is -2.46. The molecule has 0 aromatic heterocycles. The van der Waals surface area contributed by atoms with E-state index in [4.69, 9.17) is 9.47 Å². The van der Waals surface area contributed by atoms with E-state index in [9.17, 15) is 9.90 Å². The van der Waals surface area contributed by atoms with Crippen LogP contribution in [0.25, 0.3) is 11.1 Å². The Hall–Kier alpha value is -2.64. The molecule has 2 N–H and O–H groups in total. The zero-order valence-corrected chi connectivity index (χ0v) is 24.2. The van der Waals surface area contributed by atoms with Crippen LogP contribution in [0.3, 0.4) is 0 Å². The van der Waals surface area contributed by atoms with Crippen LogP contribution in [-0.4, -0.2) is 48.7 Å². The molecule has 3 aromatic carbocycles. The molecule has 0 aliphatic carbocycles. The van der Waals surface area contributed by atoms with Crippen LogP contribution in [0.1, 0.15) is 60.8 Å². The van der Waals surface area contributed by atoms with Crippen molar-refractivity contribution in [2.24, 2.45) is 0 Å². The molecule has 6 heteroatoms. The fourth-order valence-electron chi connectivity index (χ4n) is 4.54. The predicted molar refractivity (Wildman–Crippen MR) is 157 cm³/mol. The number of aryl methyl sites for hydroxylation is 1. The van der Waals surface area contributed by atoms with Crippen LogP contribution in [0.2, 0.25) is 0 Å². The minimum absolute atomic E-state index is 0.163. The molecule has 0 spiro atoms. The molecule has 1 unspecified atom stereocenters. The summed E-state index contributed by atoms with van der Waals surface area (Å²) in [6, 6.07) is 22.4. The number of esters is 1. The van der Waals surface area contributed by atoms with Gasteiger partial charge in [-0.2, -0.15) is 0 Å². The molecular weight excluding hydrogens is 494 g/mol. The Balaban J connectivity index is 1.59. The van der Waals surface area contributed by atoms with E-state index >= 15 is 0 Å². The van der Waals surface area contributed by atoms with E-state index in [0.717, 1.165) is 28.7 Å². The SMILES string of the molecule is CCOC(=O)c1ccc(-c2ccccc2[C@@H](C)OCC(O)CNC(C)(C)Cc2cccc(SC)c2)cc1C. The maximum Gasteiger partial charge on any atom is 0.338 e. The van der Waals surface area contributed by atoms with E-state index in [1.165, 1.54) is 10.5 Å². The summed E-state index contributed by atoms with van der Waals surface area (Å²) < 4.78 is 11.3. The molecule has 0 saturated heterocycles. The minimum atomic E-state index is -0.632. The van der Waals surface area contributed by atoms with Crippen molar-refractivity contribution in [2.75, 3.05) is 26.0 Å². The van der Waals surface area contributed by atoms with Crippen molar-refractivity contribution in [3.8, 4) is 11.1 Å². The first-order valence-electron chi connectivity index (χ1n) is 13.2. The van der Waals surface area contributed by atoms with Crippen molar-refractivity contribution in [1.82, 2.24) is 5.32 Å². The largest absolute Gasteiger partial charge is 0.462 e. The average molecular weight is 536 g/mol. The Morgan fingerprint density at radius 2 is 1.84 bits per heavy atom. The Morgan fingerprint density at radius 1 is 1.08 bits per heavy atom. The van der Waals surface area contributed by atoms with Crippen molar-refractivity contribution in [2.45, 2.75) is 63.7 Å². The fraction of sp³-hybridized carbons (Fsp3) is 0.406. The molecule has 3 aromatic rings. The van der Waals surface area contributed by atoms with Gasteiger partial charge in [0.1, 0.15) is 0 Å². The highest BCUT2D eigenvalue weighted by molar-refractivity contribution is 7.98. The van der Waals surface area contributed by atoms with Crippen LogP contribution >= 0.6 is 11.8 Å². The monoisotopic (exact) mass is 535 g/mol. The molecule has 2 atom stereocenters. The lowest BCUT2D eigenvalue weighted by atomic mass is 9.94. The second-order valence-electron chi connectivity index (χ2n) is 10.3. The molecule has 204 valence electrons. The quantitative estimate of drug-likeness (QED) is 0.190. The Labute approximate surface area is 232 Å². The molecule has 0 fully saturated rings. The van der Waals surface area contributed by atoms with Gasteiger partial charge in [-0.1, -0.05) is 48.5 Å². The fourth-order valence-corrected chi connectivity index (χ4v) is 5.02. The third-order valence-electron chi connectivity index (χ3n) is 6.57. The van der Waals surface area contributed by atoms with Crippen molar-refractivity contribution in [1.29, 1.82) is 0 Å². The molecule has 0 heterocycles. The van der Waals surface area contributed by atoms with Gasteiger partial charge in [-0.15, -0.1) is 11.8 Å². The number of carbonyl (C=O) groups is 1. The average Bonchev–Trinajstić information content (AvgIpc) is 2.90.